The summed E-state index contributed by atoms with van der Waals surface area (Å²) in [5.74, 6) is 0.0984. The summed E-state index contributed by atoms with van der Waals surface area (Å²) in [5.41, 5.74) is 6.03. The van der Waals surface area contributed by atoms with Gasteiger partial charge in [0.1, 0.15) is 5.75 Å². The zero-order chi connectivity index (χ0) is 18.7. The quantitative estimate of drug-likeness (QED) is 0.802. The lowest BCUT2D eigenvalue weighted by Gasteiger charge is -2.30. The first kappa shape index (κ1) is 18.4. The first-order valence-corrected chi connectivity index (χ1v) is 9.81. The smallest absolute Gasteiger partial charge is 0.255 e. The average Bonchev–Trinajstić information content (AvgIpc) is 3.07. The van der Waals surface area contributed by atoms with Gasteiger partial charge in [0, 0.05) is 32.3 Å². The average molecular weight is 378 g/mol. The summed E-state index contributed by atoms with van der Waals surface area (Å²) in [6, 6.07) is 8.00. The third-order valence-electron chi connectivity index (χ3n) is 4.45. The molecule has 1 aliphatic heterocycles. The Morgan fingerprint density at radius 1 is 1.23 bits per heavy atom. The van der Waals surface area contributed by atoms with Crippen LogP contribution in [0.25, 0.3) is 0 Å². The number of piperidine rings is 1. The van der Waals surface area contributed by atoms with E-state index in [9.17, 15) is 13.2 Å². The number of aryl methyl sites for hydroxylation is 1. The normalized spacial score (nSPS) is 16.5. The van der Waals surface area contributed by atoms with Crippen LogP contribution in [-0.4, -0.2) is 48.1 Å². The van der Waals surface area contributed by atoms with Gasteiger partial charge in [-0.3, -0.25) is 9.48 Å². The topological polar surface area (TPSA) is 108 Å². The number of amides is 1. The maximum Gasteiger partial charge on any atom is 0.255 e. The lowest BCUT2D eigenvalue weighted by molar-refractivity contribution is -0.119. The van der Waals surface area contributed by atoms with E-state index in [1.165, 1.54) is 28.6 Å². The van der Waals surface area contributed by atoms with E-state index >= 15 is 0 Å². The minimum atomic E-state index is -3.55. The fraction of sp³-hybridized carbons (Fsp3) is 0.412. The number of carbonyl (C=O) groups is 1. The number of benzene rings is 1. The number of primary amides is 1. The van der Waals surface area contributed by atoms with E-state index in [0.29, 0.717) is 18.8 Å². The predicted octanol–water partition coefficient (Wildman–Crippen LogP) is 0.852. The molecule has 0 radical (unpaired) electrons. The molecule has 140 valence electrons. The maximum atomic E-state index is 12.8. The van der Waals surface area contributed by atoms with Crippen LogP contribution >= 0.6 is 0 Å². The van der Waals surface area contributed by atoms with Crippen molar-refractivity contribution in [2.24, 2.45) is 12.8 Å². The third-order valence-corrected chi connectivity index (χ3v) is 6.36. The highest BCUT2D eigenvalue weighted by Crippen LogP contribution is 2.30. The molecule has 0 spiro atoms. The Morgan fingerprint density at radius 2 is 1.88 bits per heavy atom. The number of hydrogen-bond donors (Lipinski definition) is 1. The largest absolute Gasteiger partial charge is 0.484 e. The van der Waals surface area contributed by atoms with Crippen LogP contribution in [0.2, 0.25) is 0 Å². The molecule has 0 unspecified atom stereocenters. The molecule has 1 saturated heterocycles. The van der Waals surface area contributed by atoms with Gasteiger partial charge in [-0.15, -0.1) is 0 Å². The number of aromatic nitrogens is 2. The van der Waals surface area contributed by atoms with Gasteiger partial charge in [-0.2, -0.15) is 9.40 Å². The third kappa shape index (κ3) is 4.05. The van der Waals surface area contributed by atoms with Crippen molar-refractivity contribution in [1.82, 2.24) is 14.1 Å². The molecule has 1 aliphatic rings. The summed E-state index contributed by atoms with van der Waals surface area (Å²) in [5, 5.41) is 4.42. The molecule has 1 aromatic carbocycles. The Kier molecular flexibility index (Phi) is 5.28. The fourth-order valence-corrected chi connectivity index (χ4v) is 4.52. The summed E-state index contributed by atoms with van der Waals surface area (Å²) in [6.07, 6.45) is 3.40. The summed E-state index contributed by atoms with van der Waals surface area (Å²) in [7, 11) is -1.68. The second kappa shape index (κ2) is 7.46. The molecule has 3 rings (SSSR count). The Morgan fingerprint density at radius 3 is 2.42 bits per heavy atom. The van der Waals surface area contributed by atoms with E-state index in [1.54, 1.807) is 4.68 Å². The molecule has 2 N–H and O–H groups in total. The predicted molar refractivity (Wildman–Crippen MR) is 95.1 cm³/mol. The molecular formula is C17H22N4O4S. The van der Waals surface area contributed by atoms with Crippen LogP contribution in [0.15, 0.2) is 41.4 Å². The Hall–Kier alpha value is -2.39. The van der Waals surface area contributed by atoms with Crippen LogP contribution in [0.1, 0.15) is 24.5 Å². The molecular weight excluding hydrogens is 356 g/mol. The van der Waals surface area contributed by atoms with E-state index < -0.39 is 15.9 Å². The number of nitrogens with two attached hydrogens (primary N) is 1. The summed E-state index contributed by atoms with van der Waals surface area (Å²) in [4.78, 5) is 10.9. The standard InChI is InChI=1S/C17H22N4O4S/c1-20-9-8-16(19-20)13-6-10-21(11-7-13)26(23,24)15-4-2-14(3-5-15)25-12-17(18)22/h2-5,8-9,13H,6-7,10-12H2,1H3,(H2,18,22). The first-order valence-electron chi connectivity index (χ1n) is 8.37. The molecule has 0 bridgehead atoms. The number of nitrogens with zero attached hydrogens (tertiary/aromatic N) is 3. The minimum Gasteiger partial charge on any atom is -0.484 e. The monoisotopic (exact) mass is 378 g/mol. The van der Waals surface area contributed by atoms with Gasteiger partial charge in [-0.05, 0) is 43.2 Å². The molecule has 26 heavy (non-hydrogen) atoms. The van der Waals surface area contributed by atoms with E-state index in [1.807, 2.05) is 19.3 Å². The Bertz CT molecular complexity index is 868. The van der Waals surface area contributed by atoms with E-state index in [0.717, 1.165) is 18.5 Å². The molecule has 1 amide bonds. The molecule has 1 fully saturated rings. The van der Waals surface area contributed by atoms with Crippen LogP contribution < -0.4 is 10.5 Å². The van der Waals surface area contributed by atoms with Gasteiger partial charge in [0.15, 0.2) is 6.61 Å². The molecule has 2 heterocycles. The molecule has 0 atom stereocenters. The zero-order valence-electron chi connectivity index (χ0n) is 14.5. The van der Waals surface area contributed by atoms with Crippen LogP contribution in [0.5, 0.6) is 5.75 Å². The van der Waals surface area contributed by atoms with E-state index in [2.05, 4.69) is 5.10 Å². The summed E-state index contributed by atoms with van der Waals surface area (Å²) in [6.45, 7) is 0.681. The highest BCUT2D eigenvalue weighted by molar-refractivity contribution is 7.89. The fourth-order valence-electron chi connectivity index (χ4n) is 3.05. The molecule has 0 aliphatic carbocycles. The van der Waals surface area contributed by atoms with Gasteiger partial charge in [-0.25, -0.2) is 8.42 Å². The summed E-state index contributed by atoms with van der Waals surface area (Å²) < 4.78 is 34.0. The van der Waals surface area contributed by atoms with Gasteiger partial charge in [-0.1, -0.05) is 0 Å². The van der Waals surface area contributed by atoms with Crippen molar-refractivity contribution in [3.63, 3.8) is 0 Å². The first-order chi connectivity index (χ1) is 12.4. The van der Waals surface area contributed by atoms with Crippen LogP contribution in [0, 0.1) is 0 Å². The number of carbonyl (C=O) groups excluding carboxylic acids is 1. The van der Waals surface area contributed by atoms with Gasteiger partial charge >= 0.3 is 0 Å². The summed E-state index contributed by atoms with van der Waals surface area (Å²) >= 11 is 0. The maximum absolute atomic E-state index is 12.8. The highest BCUT2D eigenvalue weighted by atomic mass is 32.2. The van der Waals surface area contributed by atoms with Crippen molar-refractivity contribution in [3.8, 4) is 5.75 Å². The van der Waals surface area contributed by atoms with Crippen molar-refractivity contribution in [3.05, 3.63) is 42.2 Å². The van der Waals surface area contributed by atoms with Crippen molar-refractivity contribution in [2.45, 2.75) is 23.7 Å². The van der Waals surface area contributed by atoms with Gasteiger partial charge in [0.2, 0.25) is 10.0 Å². The van der Waals surface area contributed by atoms with Gasteiger partial charge < -0.3 is 10.5 Å². The number of sulfonamides is 1. The second-order valence-electron chi connectivity index (χ2n) is 6.32. The Balaban J connectivity index is 1.64. The van der Waals surface area contributed by atoms with E-state index in [4.69, 9.17) is 10.5 Å². The molecule has 9 heteroatoms. The van der Waals surface area contributed by atoms with Crippen molar-refractivity contribution < 1.29 is 17.9 Å². The zero-order valence-corrected chi connectivity index (χ0v) is 15.4. The number of rotatable bonds is 6. The number of ether oxygens (including phenoxy) is 1. The van der Waals surface area contributed by atoms with Gasteiger partial charge in [0.05, 0.1) is 10.6 Å². The van der Waals surface area contributed by atoms with Gasteiger partial charge in [0.25, 0.3) is 5.91 Å². The van der Waals surface area contributed by atoms with Crippen LogP contribution in [-0.2, 0) is 21.9 Å². The lowest BCUT2D eigenvalue weighted by atomic mass is 9.95. The lowest BCUT2D eigenvalue weighted by Crippen LogP contribution is -2.38. The van der Waals surface area contributed by atoms with Crippen LogP contribution in [0.4, 0.5) is 0 Å². The molecule has 1 aromatic heterocycles. The number of hydrogen-bond acceptors (Lipinski definition) is 5. The molecule has 8 nitrogen and oxygen atoms in total. The SMILES string of the molecule is Cn1ccc(C2CCN(S(=O)(=O)c3ccc(OCC(N)=O)cc3)CC2)n1. The van der Waals surface area contributed by atoms with Crippen molar-refractivity contribution in [1.29, 1.82) is 0 Å². The second-order valence-corrected chi connectivity index (χ2v) is 8.26. The minimum absolute atomic E-state index is 0.209. The van der Waals surface area contributed by atoms with Crippen molar-refractivity contribution in [2.75, 3.05) is 19.7 Å². The Labute approximate surface area is 152 Å². The van der Waals surface area contributed by atoms with Crippen LogP contribution in [0.3, 0.4) is 0 Å². The van der Waals surface area contributed by atoms with Crippen molar-refractivity contribution >= 4 is 15.9 Å². The molecule has 2 aromatic rings. The molecule has 0 saturated carbocycles. The van der Waals surface area contributed by atoms with E-state index in [-0.39, 0.29) is 17.4 Å². The highest BCUT2D eigenvalue weighted by Gasteiger charge is 2.30.